The highest BCUT2D eigenvalue weighted by Crippen LogP contribution is 2.15. The van der Waals surface area contributed by atoms with Gasteiger partial charge in [-0.15, -0.1) is 12.4 Å². The van der Waals surface area contributed by atoms with Crippen molar-refractivity contribution < 1.29 is 9.59 Å². The van der Waals surface area contributed by atoms with E-state index in [1.807, 2.05) is 31.3 Å². The molecule has 0 aliphatic heterocycles. The van der Waals surface area contributed by atoms with E-state index in [0.717, 1.165) is 25.3 Å². The summed E-state index contributed by atoms with van der Waals surface area (Å²) in [4.78, 5) is 31.7. The maximum Gasteiger partial charge on any atom is 0.274 e. The fourth-order valence-corrected chi connectivity index (χ4v) is 3.25. The Morgan fingerprint density at radius 3 is 2.40 bits per heavy atom. The fraction of sp³-hybridized carbons (Fsp3) is 0.318. The number of carbonyl (C=O) groups excluding carboxylic acids is 2. The zero-order chi connectivity index (χ0) is 20.8. The molecule has 3 aromatic rings. The van der Waals surface area contributed by atoms with E-state index in [9.17, 15) is 9.59 Å². The number of fused-ring (bicyclic) bond motifs is 1. The summed E-state index contributed by atoms with van der Waals surface area (Å²) < 4.78 is 1.77. The number of nitrogens with one attached hydrogen (secondary N) is 2. The van der Waals surface area contributed by atoms with Gasteiger partial charge >= 0.3 is 0 Å². The molecular weight excluding hydrogens is 402 g/mol. The lowest BCUT2D eigenvalue weighted by Gasteiger charge is -2.18. The van der Waals surface area contributed by atoms with E-state index in [-0.39, 0.29) is 24.2 Å². The molecule has 3 rings (SSSR count). The van der Waals surface area contributed by atoms with Crippen LogP contribution >= 0.6 is 12.4 Å². The molecule has 8 heteroatoms. The predicted octanol–water partition coefficient (Wildman–Crippen LogP) is 3.39. The van der Waals surface area contributed by atoms with Gasteiger partial charge in [0.25, 0.3) is 11.8 Å². The number of amides is 2. The minimum atomic E-state index is -0.238. The number of hydrogen-bond donors (Lipinski definition) is 2. The van der Waals surface area contributed by atoms with Crippen molar-refractivity contribution in [2.45, 2.75) is 20.8 Å². The molecule has 0 saturated carbocycles. The number of anilines is 1. The summed E-state index contributed by atoms with van der Waals surface area (Å²) in [6.45, 7) is 9.38. The van der Waals surface area contributed by atoms with Crippen LogP contribution in [0.2, 0.25) is 0 Å². The Morgan fingerprint density at radius 1 is 1.03 bits per heavy atom. The average Bonchev–Trinajstić information content (AvgIpc) is 3.07. The highest BCUT2D eigenvalue weighted by molar-refractivity contribution is 6.04. The SMILES string of the molecule is CCN(CC)CCNC(=O)c1ccc(NC(=O)c2c(C)nc3ccccn23)cc1.Cl. The number of likely N-dealkylation sites (N-methyl/N-ethyl adjacent to an activating group) is 1. The molecule has 2 heterocycles. The Balaban J connectivity index is 0.00000320. The Morgan fingerprint density at radius 2 is 1.73 bits per heavy atom. The predicted molar refractivity (Wildman–Crippen MR) is 122 cm³/mol. The second-order valence-electron chi connectivity index (χ2n) is 6.79. The molecule has 0 bridgehead atoms. The van der Waals surface area contributed by atoms with E-state index in [4.69, 9.17) is 0 Å². The summed E-state index contributed by atoms with van der Waals surface area (Å²) >= 11 is 0. The Kier molecular flexibility index (Phi) is 8.38. The summed E-state index contributed by atoms with van der Waals surface area (Å²) in [5, 5.41) is 5.81. The number of benzene rings is 1. The number of nitrogens with zero attached hydrogens (tertiary/aromatic N) is 3. The van der Waals surface area contributed by atoms with Gasteiger partial charge in [0.05, 0.1) is 5.69 Å². The van der Waals surface area contributed by atoms with Crippen LogP contribution in [0.5, 0.6) is 0 Å². The molecular formula is C22H28ClN5O2. The first-order chi connectivity index (χ1) is 14.0. The van der Waals surface area contributed by atoms with E-state index in [0.29, 0.717) is 29.2 Å². The summed E-state index contributed by atoms with van der Waals surface area (Å²) in [6, 6.07) is 12.5. The van der Waals surface area contributed by atoms with Crippen molar-refractivity contribution in [3.8, 4) is 0 Å². The van der Waals surface area contributed by atoms with E-state index >= 15 is 0 Å². The minimum Gasteiger partial charge on any atom is -0.351 e. The average molecular weight is 430 g/mol. The topological polar surface area (TPSA) is 78.7 Å². The van der Waals surface area contributed by atoms with Gasteiger partial charge in [-0.05, 0) is 56.4 Å². The van der Waals surface area contributed by atoms with Crippen LogP contribution in [0.3, 0.4) is 0 Å². The molecule has 0 atom stereocenters. The molecule has 0 unspecified atom stereocenters. The number of carbonyl (C=O) groups is 2. The van der Waals surface area contributed by atoms with Gasteiger partial charge in [-0.2, -0.15) is 0 Å². The quantitative estimate of drug-likeness (QED) is 0.575. The zero-order valence-electron chi connectivity index (χ0n) is 17.5. The molecule has 7 nitrogen and oxygen atoms in total. The number of imidazole rings is 1. The zero-order valence-corrected chi connectivity index (χ0v) is 18.3. The molecule has 0 saturated heterocycles. The molecule has 0 radical (unpaired) electrons. The largest absolute Gasteiger partial charge is 0.351 e. The van der Waals surface area contributed by atoms with Crippen LogP contribution in [0.25, 0.3) is 5.65 Å². The van der Waals surface area contributed by atoms with Crippen molar-refractivity contribution in [3.63, 3.8) is 0 Å². The van der Waals surface area contributed by atoms with Crippen LogP contribution in [0, 0.1) is 6.92 Å². The third-order valence-electron chi connectivity index (χ3n) is 4.93. The third-order valence-corrected chi connectivity index (χ3v) is 4.93. The molecule has 0 spiro atoms. The van der Waals surface area contributed by atoms with Crippen molar-refractivity contribution in [1.82, 2.24) is 19.6 Å². The number of rotatable bonds is 8. The standard InChI is InChI=1S/C22H27N5O2.ClH/c1-4-26(5-2)15-13-23-21(28)17-9-11-18(12-10-17)25-22(29)20-16(3)24-19-8-6-7-14-27(19)20;/h6-12,14H,4-5,13,15H2,1-3H3,(H,23,28)(H,25,29);1H. The molecule has 160 valence electrons. The minimum absolute atomic E-state index is 0. The van der Waals surface area contributed by atoms with E-state index in [1.165, 1.54) is 0 Å². The first-order valence-corrected chi connectivity index (χ1v) is 9.89. The molecule has 0 aliphatic carbocycles. The highest BCUT2D eigenvalue weighted by atomic mass is 35.5. The van der Waals surface area contributed by atoms with E-state index in [2.05, 4.69) is 34.4 Å². The lowest BCUT2D eigenvalue weighted by Crippen LogP contribution is -2.34. The Labute approximate surface area is 182 Å². The molecule has 1 aromatic carbocycles. The molecule has 2 amide bonds. The van der Waals surface area contributed by atoms with Gasteiger partial charge < -0.3 is 15.5 Å². The van der Waals surface area contributed by atoms with Gasteiger partial charge in [-0.25, -0.2) is 4.98 Å². The van der Waals surface area contributed by atoms with Gasteiger partial charge in [0.15, 0.2) is 0 Å². The maximum absolute atomic E-state index is 12.7. The summed E-state index contributed by atoms with van der Waals surface area (Å²) in [7, 11) is 0. The monoisotopic (exact) mass is 429 g/mol. The van der Waals surface area contributed by atoms with E-state index in [1.54, 1.807) is 28.7 Å². The van der Waals surface area contributed by atoms with Crippen molar-refractivity contribution in [2.75, 3.05) is 31.5 Å². The number of halogens is 1. The molecule has 2 aromatic heterocycles. The highest BCUT2D eigenvalue weighted by Gasteiger charge is 2.16. The molecule has 0 aliphatic rings. The third kappa shape index (κ3) is 5.37. The van der Waals surface area contributed by atoms with Gasteiger partial charge in [0, 0.05) is 30.5 Å². The van der Waals surface area contributed by atoms with Crippen LogP contribution in [0.1, 0.15) is 40.4 Å². The van der Waals surface area contributed by atoms with Crippen LogP contribution in [0.15, 0.2) is 48.7 Å². The van der Waals surface area contributed by atoms with Crippen molar-refractivity contribution in [3.05, 3.63) is 65.6 Å². The van der Waals surface area contributed by atoms with Crippen LogP contribution in [-0.4, -0.2) is 52.3 Å². The maximum atomic E-state index is 12.7. The van der Waals surface area contributed by atoms with Crippen LogP contribution in [-0.2, 0) is 0 Å². The fourth-order valence-electron chi connectivity index (χ4n) is 3.25. The summed E-state index contributed by atoms with van der Waals surface area (Å²) in [6.07, 6.45) is 1.82. The first kappa shape index (κ1) is 23.4. The van der Waals surface area contributed by atoms with Gasteiger partial charge in [0.2, 0.25) is 0 Å². The van der Waals surface area contributed by atoms with Crippen molar-refractivity contribution >= 4 is 35.6 Å². The number of aromatic nitrogens is 2. The Bertz CT molecular complexity index is 996. The van der Waals surface area contributed by atoms with Crippen LogP contribution < -0.4 is 10.6 Å². The molecule has 30 heavy (non-hydrogen) atoms. The smallest absolute Gasteiger partial charge is 0.274 e. The van der Waals surface area contributed by atoms with Gasteiger partial charge in [-0.3, -0.25) is 14.0 Å². The van der Waals surface area contributed by atoms with Crippen LogP contribution in [0.4, 0.5) is 5.69 Å². The molecule has 0 fully saturated rings. The summed E-state index contributed by atoms with van der Waals surface area (Å²) in [5.74, 6) is -0.356. The lowest BCUT2D eigenvalue weighted by molar-refractivity contribution is 0.0948. The van der Waals surface area contributed by atoms with Gasteiger partial charge in [0.1, 0.15) is 11.3 Å². The number of hydrogen-bond acceptors (Lipinski definition) is 4. The second-order valence-corrected chi connectivity index (χ2v) is 6.79. The number of aryl methyl sites for hydroxylation is 1. The second kappa shape index (κ2) is 10.8. The Hall–Kier alpha value is -2.90. The van der Waals surface area contributed by atoms with Gasteiger partial charge in [-0.1, -0.05) is 19.9 Å². The van der Waals surface area contributed by atoms with Crippen molar-refractivity contribution in [1.29, 1.82) is 0 Å². The normalized spacial score (nSPS) is 10.7. The van der Waals surface area contributed by atoms with Crippen molar-refractivity contribution in [2.24, 2.45) is 0 Å². The molecule has 2 N–H and O–H groups in total. The summed E-state index contributed by atoms with van der Waals surface area (Å²) in [5.41, 5.74) is 3.08. The lowest BCUT2D eigenvalue weighted by atomic mass is 10.2. The number of pyridine rings is 1. The van der Waals surface area contributed by atoms with E-state index < -0.39 is 0 Å². The first-order valence-electron chi connectivity index (χ1n) is 9.89.